The van der Waals surface area contributed by atoms with Crippen LogP contribution in [-0.4, -0.2) is 93.9 Å². The third-order valence-electron chi connectivity index (χ3n) is 11.0. The number of nitrogens with zero attached hydrogens (tertiary/aromatic N) is 7. The number of nitro benzene ring substituents is 1. The minimum absolute atomic E-state index is 0.00594. The number of imidazole rings is 1. The molecule has 0 aliphatic carbocycles. The minimum Gasteiger partial charge on any atom is -0.497 e. The zero-order valence-electron chi connectivity index (χ0n) is 38.1. The molecule has 0 saturated carbocycles. The van der Waals surface area contributed by atoms with Crippen LogP contribution in [0.5, 0.6) is 17.4 Å². The van der Waals surface area contributed by atoms with Gasteiger partial charge >= 0.3 is 6.08 Å². The molecule has 0 amide bonds. The number of hydrogen-bond donors (Lipinski definition) is 0. The summed E-state index contributed by atoms with van der Waals surface area (Å²) in [6.07, 6.45) is -1.48. The lowest BCUT2D eigenvalue weighted by atomic mass is 9.80. The molecule has 0 N–H and O–H groups in total. The van der Waals surface area contributed by atoms with Crippen molar-refractivity contribution < 1.29 is 46.9 Å². The quantitative estimate of drug-likeness (QED) is 0.0148. The second kappa shape index (κ2) is 22.4. The molecule has 17 nitrogen and oxygen atoms in total. The Morgan fingerprint density at radius 2 is 1.54 bits per heavy atom. The molecule has 1 aliphatic rings. The van der Waals surface area contributed by atoms with Crippen LogP contribution in [0.15, 0.2) is 109 Å². The van der Waals surface area contributed by atoms with E-state index in [1.165, 1.54) is 23.2 Å². The maximum atomic E-state index is 15.1. The standard InChI is InChI=1S/C48H53FN7O10P/c1-32(2)55(33(3)4)67(63-27-10-26-50)66-41-29-43(65-54-31-51-44-45(54)52-47(49)53-46(44)61-28-25-34-13-19-38(20-14-34)56(57)58)64-42(41)30-62-48(35-11-8-7-9-12-35,36-15-21-39(59-5)22-16-36)37-17-23-40(60-6)24-18-37/h7-9,11-24,31-33,41-43H,10,25,27-30H2,1-6H3/t41-,42+,43-,67?/m0/s1. The molecule has 0 spiro atoms. The van der Waals surface area contributed by atoms with E-state index in [1.54, 1.807) is 26.4 Å². The number of methoxy groups -OCH3 is 2. The highest BCUT2D eigenvalue weighted by atomic mass is 31.2. The number of halogens is 1. The Morgan fingerprint density at radius 1 is 0.910 bits per heavy atom. The van der Waals surface area contributed by atoms with Gasteiger partial charge in [0.2, 0.25) is 17.8 Å². The van der Waals surface area contributed by atoms with Gasteiger partial charge in [-0.3, -0.25) is 10.1 Å². The van der Waals surface area contributed by atoms with Crippen LogP contribution in [-0.2, 0) is 30.5 Å². The van der Waals surface area contributed by atoms with E-state index in [4.69, 9.17) is 37.6 Å². The minimum atomic E-state index is -1.74. The van der Waals surface area contributed by atoms with E-state index in [-0.39, 0.29) is 67.5 Å². The Hall–Kier alpha value is -6.32. The monoisotopic (exact) mass is 937 g/mol. The largest absolute Gasteiger partial charge is 0.497 e. The predicted molar refractivity (Wildman–Crippen MR) is 246 cm³/mol. The van der Waals surface area contributed by atoms with Gasteiger partial charge in [0, 0.05) is 37.1 Å². The van der Waals surface area contributed by atoms with E-state index in [9.17, 15) is 15.4 Å². The summed E-state index contributed by atoms with van der Waals surface area (Å²) >= 11 is 0. The highest BCUT2D eigenvalue weighted by Crippen LogP contribution is 2.50. The van der Waals surface area contributed by atoms with Crippen LogP contribution >= 0.6 is 8.53 Å². The summed E-state index contributed by atoms with van der Waals surface area (Å²) in [5.74, 6) is 1.25. The van der Waals surface area contributed by atoms with Crippen LogP contribution in [0.2, 0.25) is 0 Å². The van der Waals surface area contributed by atoms with Crippen molar-refractivity contribution in [2.24, 2.45) is 0 Å². The fourth-order valence-corrected chi connectivity index (χ4v) is 9.64. The molecule has 0 radical (unpaired) electrons. The molecule has 1 saturated heterocycles. The van der Waals surface area contributed by atoms with Crippen LogP contribution in [0.25, 0.3) is 11.2 Å². The maximum Gasteiger partial charge on any atom is 0.314 e. The van der Waals surface area contributed by atoms with Gasteiger partial charge in [0.15, 0.2) is 5.52 Å². The van der Waals surface area contributed by atoms with E-state index < -0.39 is 43.6 Å². The van der Waals surface area contributed by atoms with Crippen molar-refractivity contribution in [2.75, 3.05) is 34.0 Å². The number of ether oxygens (including phenoxy) is 5. The Bertz CT molecular complexity index is 2530. The number of rotatable bonds is 23. The Morgan fingerprint density at radius 3 is 2.12 bits per heavy atom. The van der Waals surface area contributed by atoms with Crippen LogP contribution < -0.4 is 19.0 Å². The fourth-order valence-electron chi connectivity index (χ4n) is 7.88. The molecule has 1 fully saturated rings. The third-order valence-corrected chi connectivity index (χ3v) is 13.2. The molecule has 1 aliphatic heterocycles. The zero-order valence-corrected chi connectivity index (χ0v) is 39.0. The van der Waals surface area contributed by atoms with Crippen molar-refractivity contribution >= 4 is 25.4 Å². The Labute approximate surface area is 389 Å². The number of nitriles is 1. The number of benzene rings is 4. The van der Waals surface area contributed by atoms with Gasteiger partial charge in [0.25, 0.3) is 14.2 Å². The summed E-state index contributed by atoms with van der Waals surface area (Å²) in [6, 6.07) is 33.5. The molecule has 0 bridgehead atoms. The number of hydrogen-bond acceptors (Lipinski definition) is 15. The highest BCUT2D eigenvalue weighted by molar-refractivity contribution is 7.44. The summed E-state index contributed by atoms with van der Waals surface area (Å²) < 4.78 is 62.7. The molecule has 6 aromatic rings. The lowest BCUT2D eigenvalue weighted by Crippen LogP contribution is -2.39. The summed E-state index contributed by atoms with van der Waals surface area (Å²) in [5.41, 5.74) is 2.17. The van der Waals surface area contributed by atoms with Gasteiger partial charge in [0.05, 0.1) is 51.5 Å². The molecule has 67 heavy (non-hydrogen) atoms. The van der Waals surface area contributed by atoms with E-state index in [2.05, 4.69) is 53.4 Å². The first-order valence-corrected chi connectivity index (χ1v) is 22.9. The van der Waals surface area contributed by atoms with Crippen molar-refractivity contribution in [2.45, 2.75) is 83.1 Å². The first-order chi connectivity index (χ1) is 32.4. The summed E-state index contributed by atoms with van der Waals surface area (Å²) in [7, 11) is 1.49. The maximum absolute atomic E-state index is 15.1. The normalized spacial score (nSPS) is 16.6. The Kier molecular flexibility index (Phi) is 16.3. The average molecular weight is 938 g/mol. The van der Waals surface area contributed by atoms with Gasteiger partial charge < -0.3 is 37.6 Å². The van der Waals surface area contributed by atoms with Gasteiger partial charge in [-0.2, -0.15) is 19.6 Å². The fraction of sp³-hybridized carbons (Fsp3) is 0.375. The number of nitro groups is 1. The molecular formula is C48H53FN7O10P. The first-order valence-electron chi connectivity index (χ1n) is 21.8. The molecule has 19 heteroatoms. The SMILES string of the molecule is COc1ccc(C(OC[C@H]2O[C@@H](On3cnc4c(OCCc5ccc([N+](=O)[O-])cc5)nc(F)nc43)C[C@@H]2OP(OCCC#N)N(C(C)C)C(C)C)(c2ccccc2)c2ccc(OC)cc2)cc1. The lowest BCUT2D eigenvalue weighted by molar-refractivity contribution is -0.384. The topological polar surface area (TPSA) is 188 Å². The predicted octanol–water partition coefficient (Wildman–Crippen LogP) is 8.73. The average Bonchev–Trinajstić information content (AvgIpc) is 3.92. The second-order valence-corrected chi connectivity index (χ2v) is 17.4. The van der Waals surface area contributed by atoms with Crippen LogP contribution in [0, 0.1) is 27.5 Å². The van der Waals surface area contributed by atoms with Gasteiger partial charge in [-0.1, -0.05) is 66.7 Å². The molecule has 7 rings (SSSR count). The van der Waals surface area contributed by atoms with Crippen molar-refractivity contribution in [1.29, 1.82) is 5.26 Å². The second-order valence-electron chi connectivity index (χ2n) is 16.0. The van der Waals surface area contributed by atoms with E-state index >= 15 is 4.39 Å². The highest BCUT2D eigenvalue weighted by Gasteiger charge is 2.45. The van der Waals surface area contributed by atoms with Crippen molar-refractivity contribution in [3.8, 4) is 23.4 Å². The first kappa shape index (κ1) is 48.6. The molecule has 4 atom stereocenters. The van der Waals surface area contributed by atoms with Gasteiger partial charge in [0.1, 0.15) is 35.6 Å². The molecule has 4 aromatic carbocycles. The molecule has 352 valence electrons. The number of non-ortho nitro benzene ring substituents is 1. The summed E-state index contributed by atoms with van der Waals surface area (Å²) in [6.45, 7) is 8.44. The zero-order chi connectivity index (χ0) is 47.5. The van der Waals surface area contributed by atoms with E-state index in [0.717, 1.165) is 22.3 Å². The lowest BCUT2D eigenvalue weighted by Gasteiger charge is -2.39. The molecule has 1 unspecified atom stereocenters. The van der Waals surface area contributed by atoms with Crippen LogP contribution in [0.3, 0.4) is 0 Å². The molecule has 3 heterocycles. The number of aromatic nitrogens is 4. The van der Waals surface area contributed by atoms with Gasteiger partial charge in [-0.25, -0.2) is 9.65 Å². The van der Waals surface area contributed by atoms with Crippen molar-refractivity contribution in [3.63, 3.8) is 0 Å². The van der Waals surface area contributed by atoms with Crippen LogP contribution in [0.1, 0.15) is 62.8 Å². The third kappa shape index (κ3) is 11.5. The Balaban J connectivity index is 1.21. The number of fused-ring (bicyclic) bond motifs is 1. The molecule has 2 aromatic heterocycles. The molecular weight excluding hydrogens is 885 g/mol. The van der Waals surface area contributed by atoms with Crippen molar-refractivity contribution in [1.82, 2.24) is 24.4 Å². The van der Waals surface area contributed by atoms with Crippen molar-refractivity contribution in [3.05, 3.63) is 148 Å². The van der Waals surface area contributed by atoms with Crippen LogP contribution in [0.4, 0.5) is 10.1 Å². The summed E-state index contributed by atoms with van der Waals surface area (Å²) in [5, 5.41) is 20.5. The smallest absolute Gasteiger partial charge is 0.314 e. The summed E-state index contributed by atoms with van der Waals surface area (Å²) in [4.78, 5) is 29.2. The van der Waals surface area contributed by atoms with E-state index in [1.807, 2.05) is 78.9 Å². The van der Waals surface area contributed by atoms with Gasteiger partial charge in [-0.05, 0) is 74.2 Å². The van der Waals surface area contributed by atoms with E-state index in [0.29, 0.717) is 17.9 Å². The van der Waals surface area contributed by atoms with Gasteiger partial charge in [-0.15, -0.1) is 4.73 Å².